The molecule has 0 bridgehead atoms. The highest BCUT2D eigenvalue weighted by Crippen LogP contribution is 2.07. The van der Waals surface area contributed by atoms with Crippen molar-refractivity contribution in [1.82, 2.24) is 0 Å². The van der Waals surface area contributed by atoms with Crippen LogP contribution in [0.5, 0.6) is 0 Å². The van der Waals surface area contributed by atoms with Gasteiger partial charge in [-0.25, -0.2) is 13.4 Å². The van der Waals surface area contributed by atoms with Crippen molar-refractivity contribution in [2.75, 3.05) is 5.75 Å². The fourth-order valence-electron chi connectivity index (χ4n) is 1.47. The molecule has 1 heterocycles. The molecule has 1 aromatic rings. The lowest BCUT2D eigenvalue weighted by Gasteiger charge is -2.00. The number of amides is 1. The predicted octanol–water partition coefficient (Wildman–Crippen LogP) is -1.51. The molecule has 7 heteroatoms. The molecule has 0 saturated heterocycles. The third-order valence-electron chi connectivity index (χ3n) is 2.18. The van der Waals surface area contributed by atoms with Crippen LogP contribution in [0.3, 0.4) is 0 Å². The van der Waals surface area contributed by atoms with Gasteiger partial charge in [0.1, 0.15) is 0 Å². The number of sulfone groups is 1. The molecule has 0 unspecified atom stereocenters. The lowest BCUT2D eigenvalue weighted by atomic mass is 10.3. The van der Waals surface area contributed by atoms with Gasteiger partial charge in [0, 0.05) is 11.3 Å². The molecule has 1 aliphatic heterocycles. The van der Waals surface area contributed by atoms with Gasteiger partial charge < -0.3 is 5.11 Å². The van der Waals surface area contributed by atoms with Crippen LogP contribution in [0.4, 0.5) is 0 Å². The van der Waals surface area contributed by atoms with Crippen LogP contribution >= 0.6 is 0 Å². The molecule has 6 nitrogen and oxygen atoms in total. The minimum Gasteiger partial charge on any atom is -0.480 e. The van der Waals surface area contributed by atoms with Gasteiger partial charge in [0.25, 0.3) is 5.91 Å². The molecule has 0 aliphatic carbocycles. The molecule has 0 radical (unpaired) electrons. The van der Waals surface area contributed by atoms with Crippen LogP contribution in [0.1, 0.15) is 0 Å². The van der Waals surface area contributed by atoms with E-state index in [2.05, 4.69) is 4.99 Å². The number of fused-ring (bicyclic) bond motifs is 1. The number of aliphatic carboxylic acids is 1. The van der Waals surface area contributed by atoms with Crippen LogP contribution in [0.15, 0.2) is 28.1 Å². The molecular formula is C10H7NO5S. The average molecular weight is 253 g/mol. The summed E-state index contributed by atoms with van der Waals surface area (Å²) in [6, 6.07) is 3.88. The number of hydrogen-bond acceptors (Lipinski definition) is 4. The van der Waals surface area contributed by atoms with Gasteiger partial charge in [0.15, 0.2) is 15.6 Å². The summed E-state index contributed by atoms with van der Waals surface area (Å²) in [6.45, 7) is 0. The van der Waals surface area contributed by atoms with Gasteiger partial charge in [-0.2, -0.15) is 0 Å². The third-order valence-corrected chi connectivity index (χ3v) is 3.78. The van der Waals surface area contributed by atoms with E-state index in [4.69, 9.17) is 5.11 Å². The first kappa shape index (κ1) is 11.5. The zero-order chi connectivity index (χ0) is 12.6. The van der Waals surface area contributed by atoms with Crippen LogP contribution in [-0.2, 0) is 19.4 Å². The summed E-state index contributed by atoms with van der Waals surface area (Å²) in [5.41, 5.74) is 0. The molecule has 1 aromatic carbocycles. The van der Waals surface area contributed by atoms with Gasteiger partial charge in [0.05, 0.1) is 10.3 Å². The monoisotopic (exact) mass is 253 g/mol. The SMILES string of the molecule is O=C(O)CS(=O)(=O)c1ccc2c(c1)=CC(=O)N=2. The van der Waals surface area contributed by atoms with E-state index < -0.39 is 27.5 Å². The summed E-state index contributed by atoms with van der Waals surface area (Å²) < 4.78 is 23.2. The van der Waals surface area contributed by atoms with Gasteiger partial charge in [-0.05, 0) is 18.2 Å². The summed E-state index contributed by atoms with van der Waals surface area (Å²) in [6.07, 6.45) is 1.20. The number of nitrogens with zero attached hydrogens (tertiary/aromatic N) is 1. The quantitative estimate of drug-likeness (QED) is 0.705. The molecule has 1 aliphatic rings. The second-order valence-corrected chi connectivity index (χ2v) is 5.46. The Kier molecular flexibility index (Phi) is 2.55. The maximum absolute atomic E-state index is 11.6. The topological polar surface area (TPSA) is 101 Å². The maximum Gasteiger partial charge on any atom is 0.319 e. The molecule has 17 heavy (non-hydrogen) atoms. The Labute approximate surface area is 95.8 Å². The van der Waals surface area contributed by atoms with Crippen molar-refractivity contribution in [2.45, 2.75) is 4.90 Å². The van der Waals surface area contributed by atoms with Crippen LogP contribution < -0.4 is 10.6 Å². The van der Waals surface area contributed by atoms with E-state index >= 15 is 0 Å². The van der Waals surface area contributed by atoms with Gasteiger partial charge in [-0.15, -0.1) is 0 Å². The Morgan fingerprint density at radius 3 is 2.71 bits per heavy atom. The van der Waals surface area contributed by atoms with Crippen molar-refractivity contribution in [3.63, 3.8) is 0 Å². The summed E-state index contributed by atoms with van der Waals surface area (Å²) in [5.74, 6) is -2.85. The minimum atomic E-state index is -3.87. The average Bonchev–Trinajstić information content (AvgIpc) is 2.54. The minimum absolute atomic E-state index is 0.125. The molecular weight excluding hydrogens is 246 g/mol. The molecule has 0 saturated carbocycles. The van der Waals surface area contributed by atoms with Crippen molar-refractivity contribution >= 4 is 27.8 Å². The van der Waals surface area contributed by atoms with Gasteiger partial charge in [-0.3, -0.25) is 9.59 Å². The van der Waals surface area contributed by atoms with E-state index in [9.17, 15) is 18.0 Å². The number of hydrogen-bond donors (Lipinski definition) is 1. The Morgan fingerprint density at radius 2 is 2.06 bits per heavy atom. The maximum atomic E-state index is 11.6. The summed E-state index contributed by atoms with van der Waals surface area (Å²) in [5, 5.41) is 9.27. The Balaban J connectivity index is 2.55. The first-order valence-electron chi connectivity index (χ1n) is 4.57. The van der Waals surface area contributed by atoms with Gasteiger partial charge in [-0.1, -0.05) is 0 Å². The zero-order valence-electron chi connectivity index (χ0n) is 8.45. The van der Waals surface area contributed by atoms with Crippen molar-refractivity contribution in [2.24, 2.45) is 4.99 Å². The number of rotatable bonds is 3. The van der Waals surface area contributed by atoms with Crippen LogP contribution in [0.2, 0.25) is 0 Å². The van der Waals surface area contributed by atoms with Crippen molar-refractivity contribution in [1.29, 1.82) is 0 Å². The number of benzene rings is 1. The van der Waals surface area contributed by atoms with Crippen LogP contribution in [-0.4, -0.2) is 31.2 Å². The van der Waals surface area contributed by atoms with E-state index in [1.54, 1.807) is 0 Å². The number of carboxylic acid groups (broad SMARTS) is 1. The summed E-state index contributed by atoms with van der Waals surface area (Å²) in [4.78, 5) is 24.9. The van der Waals surface area contributed by atoms with Gasteiger partial charge in [0.2, 0.25) is 0 Å². The third kappa shape index (κ3) is 2.23. The molecule has 0 spiro atoms. The van der Waals surface area contributed by atoms with E-state index in [1.165, 1.54) is 24.3 Å². The first-order chi connectivity index (χ1) is 7.88. The van der Waals surface area contributed by atoms with Crippen LogP contribution in [0.25, 0.3) is 6.08 Å². The lowest BCUT2D eigenvalue weighted by molar-refractivity contribution is -0.134. The highest BCUT2D eigenvalue weighted by atomic mass is 32.2. The van der Waals surface area contributed by atoms with E-state index in [1.807, 2.05) is 0 Å². The molecule has 88 valence electrons. The largest absolute Gasteiger partial charge is 0.480 e. The molecule has 0 atom stereocenters. The molecule has 2 rings (SSSR count). The highest BCUT2D eigenvalue weighted by Gasteiger charge is 2.19. The Morgan fingerprint density at radius 1 is 1.35 bits per heavy atom. The second kappa shape index (κ2) is 3.77. The molecule has 1 amide bonds. The number of carbonyl (C=O) groups is 2. The van der Waals surface area contributed by atoms with Gasteiger partial charge >= 0.3 is 5.97 Å². The predicted molar refractivity (Wildman–Crippen MR) is 56.4 cm³/mol. The van der Waals surface area contributed by atoms with E-state index in [0.29, 0.717) is 10.6 Å². The fourth-order valence-corrected chi connectivity index (χ4v) is 2.55. The Hall–Kier alpha value is -2.02. The van der Waals surface area contributed by atoms with E-state index in [-0.39, 0.29) is 4.90 Å². The number of carboxylic acids is 1. The normalized spacial score (nSPS) is 13.8. The van der Waals surface area contributed by atoms with Crippen molar-refractivity contribution < 1.29 is 23.1 Å². The summed E-state index contributed by atoms with van der Waals surface area (Å²) in [7, 11) is -3.87. The second-order valence-electron chi connectivity index (χ2n) is 3.47. The lowest BCUT2D eigenvalue weighted by Crippen LogP contribution is -2.24. The van der Waals surface area contributed by atoms with E-state index in [0.717, 1.165) is 0 Å². The highest BCUT2D eigenvalue weighted by molar-refractivity contribution is 7.92. The molecule has 0 aromatic heterocycles. The first-order valence-corrected chi connectivity index (χ1v) is 6.23. The fraction of sp³-hybridized carbons (Fsp3) is 0.100. The zero-order valence-corrected chi connectivity index (χ0v) is 9.27. The van der Waals surface area contributed by atoms with Crippen molar-refractivity contribution in [3.05, 3.63) is 28.8 Å². The van der Waals surface area contributed by atoms with Crippen LogP contribution in [0, 0.1) is 0 Å². The van der Waals surface area contributed by atoms with Crippen molar-refractivity contribution in [3.8, 4) is 0 Å². The molecule has 1 N–H and O–H groups in total. The standard InChI is InChI=1S/C10H7NO5S/c12-9-4-6-3-7(1-2-8(6)11-9)17(15,16)5-10(13)14/h1-4H,5H2,(H,13,14). The smallest absolute Gasteiger partial charge is 0.319 e. The Bertz CT molecular complexity index is 732. The summed E-state index contributed by atoms with van der Waals surface area (Å²) >= 11 is 0. The number of carbonyl (C=O) groups excluding carboxylic acids is 1. The molecule has 0 fully saturated rings.